The van der Waals surface area contributed by atoms with Crippen LogP contribution in [0.4, 0.5) is 0 Å². The van der Waals surface area contributed by atoms with Crippen LogP contribution in [0.1, 0.15) is 98.4 Å². The molecule has 0 bridgehead atoms. The predicted molar refractivity (Wildman–Crippen MR) is 126 cm³/mol. The highest BCUT2D eigenvalue weighted by molar-refractivity contribution is 5.92. The molecule has 176 valence electrons. The minimum Gasteiger partial charge on any atom is -0.507 e. The first-order chi connectivity index (χ1) is 15.2. The summed E-state index contributed by atoms with van der Waals surface area (Å²) in [5, 5.41) is 28.2. The molecule has 6 nitrogen and oxygen atoms in total. The Kier molecular flexibility index (Phi) is 11.9. The van der Waals surface area contributed by atoms with E-state index >= 15 is 0 Å². The zero-order chi connectivity index (χ0) is 24.1. The quantitative estimate of drug-likeness (QED) is 0.361. The molecule has 6 heteroatoms. The number of carboxylic acids is 1. The first-order valence-corrected chi connectivity index (χ1v) is 11.3. The van der Waals surface area contributed by atoms with Crippen molar-refractivity contribution in [3.63, 3.8) is 0 Å². The van der Waals surface area contributed by atoms with E-state index in [-0.39, 0.29) is 34.6 Å². The maximum atomic E-state index is 11.7. The summed E-state index contributed by atoms with van der Waals surface area (Å²) in [5.41, 5.74) is 0.944. The Labute approximate surface area is 190 Å². The molecule has 2 rings (SSSR count). The van der Waals surface area contributed by atoms with Crippen molar-refractivity contribution in [2.45, 2.75) is 78.2 Å². The summed E-state index contributed by atoms with van der Waals surface area (Å²) < 4.78 is 5.22. The topological polar surface area (TPSA) is 104 Å². The second kappa shape index (κ2) is 14.1. The zero-order valence-electron chi connectivity index (χ0n) is 19.5. The number of rotatable bonds is 10. The van der Waals surface area contributed by atoms with Crippen LogP contribution >= 0.6 is 0 Å². The Morgan fingerprint density at radius 2 is 1.47 bits per heavy atom. The number of phenolic OH excluding ortho intramolecular Hbond substituents is 1. The number of esters is 1. The van der Waals surface area contributed by atoms with Crippen molar-refractivity contribution in [3.8, 4) is 11.5 Å². The van der Waals surface area contributed by atoms with E-state index in [0.29, 0.717) is 0 Å². The highest BCUT2D eigenvalue weighted by Gasteiger charge is 2.17. The van der Waals surface area contributed by atoms with Gasteiger partial charge in [0.2, 0.25) is 0 Å². The summed E-state index contributed by atoms with van der Waals surface area (Å²) in [6, 6.07) is 11.3. The minimum atomic E-state index is -1.08. The van der Waals surface area contributed by atoms with Crippen LogP contribution in [0.5, 0.6) is 11.5 Å². The third-order valence-corrected chi connectivity index (χ3v) is 5.22. The molecule has 3 N–H and O–H groups in total. The second-order valence-corrected chi connectivity index (χ2v) is 7.97. The molecule has 2 aromatic rings. The third-order valence-electron chi connectivity index (χ3n) is 5.22. The summed E-state index contributed by atoms with van der Waals surface area (Å²) in [6.45, 7) is 8.09. The molecular weight excluding hydrogens is 408 g/mol. The largest absolute Gasteiger partial charge is 0.507 e. The summed E-state index contributed by atoms with van der Waals surface area (Å²) in [6.07, 6.45) is 6.02. The van der Waals surface area contributed by atoms with E-state index in [2.05, 4.69) is 13.8 Å². The lowest BCUT2D eigenvalue weighted by Crippen LogP contribution is -2.15. The fourth-order valence-corrected chi connectivity index (χ4v) is 3.24. The van der Waals surface area contributed by atoms with E-state index in [1.54, 1.807) is 30.3 Å². The van der Waals surface area contributed by atoms with Gasteiger partial charge in [-0.25, -0.2) is 9.59 Å². The Morgan fingerprint density at radius 3 is 2.06 bits per heavy atom. The van der Waals surface area contributed by atoms with Crippen LogP contribution < -0.4 is 0 Å². The molecule has 0 radical (unpaired) electrons. The minimum absolute atomic E-state index is 0.0131. The van der Waals surface area contributed by atoms with Crippen molar-refractivity contribution in [1.29, 1.82) is 0 Å². The average Bonchev–Trinajstić information content (AvgIpc) is 2.76. The molecule has 0 aliphatic heterocycles. The first kappa shape index (κ1) is 27.0. The molecule has 0 aliphatic carbocycles. The SMILES string of the molecule is CCCCC(C)OC(=O)c1ccccc1O.CCCCC(C)c1cccc(C(=O)O)c1O. The molecule has 0 spiro atoms. The summed E-state index contributed by atoms with van der Waals surface area (Å²) in [4.78, 5) is 22.5. The molecule has 2 atom stereocenters. The predicted octanol–water partition coefficient (Wildman–Crippen LogP) is 6.51. The highest BCUT2D eigenvalue weighted by atomic mass is 16.5. The lowest BCUT2D eigenvalue weighted by molar-refractivity contribution is 0.0317. The smallest absolute Gasteiger partial charge is 0.342 e. The van der Waals surface area contributed by atoms with Gasteiger partial charge in [0.15, 0.2) is 0 Å². The van der Waals surface area contributed by atoms with Gasteiger partial charge in [0, 0.05) is 0 Å². The Hall–Kier alpha value is -3.02. The van der Waals surface area contributed by atoms with Crippen LogP contribution in [0.3, 0.4) is 0 Å². The third kappa shape index (κ3) is 8.61. The number of benzene rings is 2. The van der Waals surface area contributed by atoms with Crippen molar-refractivity contribution in [3.05, 3.63) is 59.2 Å². The van der Waals surface area contributed by atoms with Crippen LogP contribution in [0, 0.1) is 0 Å². The van der Waals surface area contributed by atoms with Crippen molar-refractivity contribution in [1.82, 2.24) is 0 Å². The number of aromatic carboxylic acids is 1. The second-order valence-electron chi connectivity index (χ2n) is 7.97. The molecule has 0 amide bonds. The molecular formula is C26H36O6. The van der Waals surface area contributed by atoms with Crippen molar-refractivity contribution >= 4 is 11.9 Å². The van der Waals surface area contributed by atoms with Crippen molar-refractivity contribution in [2.75, 3.05) is 0 Å². The van der Waals surface area contributed by atoms with Crippen molar-refractivity contribution in [2.24, 2.45) is 0 Å². The monoisotopic (exact) mass is 444 g/mol. The number of aromatic hydroxyl groups is 2. The summed E-state index contributed by atoms with van der Waals surface area (Å²) in [7, 11) is 0. The van der Waals surface area contributed by atoms with E-state index in [1.807, 2.05) is 13.8 Å². The average molecular weight is 445 g/mol. The van der Waals surface area contributed by atoms with E-state index in [0.717, 1.165) is 44.1 Å². The molecule has 2 aromatic carbocycles. The first-order valence-electron chi connectivity index (χ1n) is 11.3. The fourth-order valence-electron chi connectivity index (χ4n) is 3.24. The van der Waals surface area contributed by atoms with Crippen LogP contribution in [0.25, 0.3) is 0 Å². The van der Waals surface area contributed by atoms with Gasteiger partial charge in [-0.3, -0.25) is 0 Å². The van der Waals surface area contributed by atoms with Gasteiger partial charge >= 0.3 is 11.9 Å². The van der Waals surface area contributed by atoms with Gasteiger partial charge in [-0.15, -0.1) is 0 Å². The number of hydrogen-bond acceptors (Lipinski definition) is 5. The number of carbonyl (C=O) groups excluding carboxylic acids is 1. The Bertz CT molecular complexity index is 861. The van der Waals surface area contributed by atoms with E-state index in [9.17, 15) is 19.8 Å². The van der Waals surface area contributed by atoms with E-state index < -0.39 is 11.9 Å². The number of phenols is 2. The maximum absolute atomic E-state index is 11.7. The molecule has 0 aliphatic rings. The van der Waals surface area contributed by atoms with Gasteiger partial charge in [0.25, 0.3) is 0 Å². The number of hydrogen-bond donors (Lipinski definition) is 3. The fraction of sp³-hybridized carbons (Fsp3) is 0.462. The lowest BCUT2D eigenvalue weighted by Gasteiger charge is -2.14. The van der Waals surface area contributed by atoms with E-state index in [4.69, 9.17) is 9.84 Å². The lowest BCUT2D eigenvalue weighted by atomic mass is 9.93. The maximum Gasteiger partial charge on any atom is 0.342 e. The van der Waals surface area contributed by atoms with Gasteiger partial charge < -0.3 is 20.1 Å². The molecule has 0 saturated carbocycles. The van der Waals surface area contributed by atoms with Crippen LogP contribution in [-0.2, 0) is 4.74 Å². The van der Waals surface area contributed by atoms with Gasteiger partial charge in [-0.1, -0.05) is 70.7 Å². The Morgan fingerprint density at radius 1 is 0.875 bits per heavy atom. The standard InChI is InChI=1S/2C13H18O3/c1-3-4-7-10(2)16-13(15)11-8-5-6-9-12(11)14;1-3-4-6-9(2)10-7-5-8-11(12(10)14)13(15)16/h5-6,8-10,14H,3-4,7H2,1-2H3;5,7-9,14H,3-4,6H2,1-2H3,(H,15,16). The van der Waals surface area contributed by atoms with Gasteiger partial charge in [-0.05, 0) is 49.4 Å². The van der Waals surface area contributed by atoms with Gasteiger partial charge in [0.05, 0.1) is 6.10 Å². The number of carboxylic acid groups (broad SMARTS) is 1. The summed E-state index contributed by atoms with van der Waals surface area (Å²) >= 11 is 0. The van der Waals surface area contributed by atoms with E-state index in [1.165, 1.54) is 12.1 Å². The number of ether oxygens (including phenoxy) is 1. The highest BCUT2D eigenvalue weighted by Crippen LogP contribution is 2.31. The summed E-state index contributed by atoms with van der Waals surface area (Å²) in [5.74, 6) is -1.46. The molecule has 0 aromatic heterocycles. The van der Waals surface area contributed by atoms with Crippen molar-refractivity contribution < 1.29 is 29.6 Å². The Balaban J connectivity index is 0.000000320. The van der Waals surface area contributed by atoms with Gasteiger partial charge in [-0.2, -0.15) is 0 Å². The van der Waals surface area contributed by atoms with Crippen LogP contribution in [0.15, 0.2) is 42.5 Å². The molecule has 0 heterocycles. The molecule has 0 saturated heterocycles. The number of carbonyl (C=O) groups is 2. The molecule has 0 fully saturated rings. The van der Waals surface area contributed by atoms with Crippen LogP contribution in [0.2, 0.25) is 0 Å². The number of para-hydroxylation sites is 2. The number of unbranched alkanes of at least 4 members (excludes halogenated alkanes) is 2. The zero-order valence-corrected chi connectivity index (χ0v) is 19.5. The molecule has 2 unspecified atom stereocenters. The van der Waals surface area contributed by atoms with Gasteiger partial charge in [0.1, 0.15) is 22.6 Å². The normalized spacial score (nSPS) is 12.2. The molecule has 32 heavy (non-hydrogen) atoms. The van der Waals surface area contributed by atoms with Crippen LogP contribution in [-0.4, -0.2) is 33.4 Å².